The van der Waals surface area contributed by atoms with Crippen LogP contribution < -0.4 is 15.6 Å². The van der Waals surface area contributed by atoms with E-state index in [2.05, 4.69) is 10.3 Å². The Kier molecular flexibility index (Phi) is 6.28. The minimum absolute atomic E-state index is 0.0851. The maximum absolute atomic E-state index is 13.8. The summed E-state index contributed by atoms with van der Waals surface area (Å²) < 4.78 is 7.10. The molecule has 36 heavy (non-hydrogen) atoms. The first-order valence-electron chi connectivity index (χ1n) is 11.5. The summed E-state index contributed by atoms with van der Waals surface area (Å²) in [6.07, 6.45) is 0. The molecule has 2 heterocycles. The molecule has 0 aliphatic carbocycles. The van der Waals surface area contributed by atoms with Gasteiger partial charge >= 0.3 is 0 Å². The number of aryl methyl sites for hydroxylation is 3. The van der Waals surface area contributed by atoms with E-state index in [1.165, 1.54) is 16.3 Å². The average Bonchev–Trinajstić information content (AvgIpc) is 3.24. The van der Waals surface area contributed by atoms with Gasteiger partial charge in [-0.15, -0.1) is 0 Å². The molecule has 0 radical (unpaired) electrons. The molecule has 1 amide bonds. The van der Waals surface area contributed by atoms with Crippen molar-refractivity contribution >= 4 is 45.3 Å². The lowest BCUT2D eigenvalue weighted by molar-refractivity contribution is -0.113. The molecule has 0 saturated heterocycles. The lowest BCUT2D eigenvalue weighted by atomic mass is 10.1. The van der Waals surface area contributed by atoms with Gasteiger partial charge in [-0.3, -0.25) is 9.59 Å². The Morgan fingerprint density at radius 2 is 1.81 bits per heavy atom. The second-order valence-corrected chi connectivity index (χ2v) is 9.70. The van der Waals surface area contributed by atoms with Gasteiger partial charge in [-0.05, 0) is 56.2 Å². The Labute approximate surface area is 212 Å². The summed E-state index contributed by atoms with van der Waals surface area (Å²) in [5.74, 6) is 0.450. The highest BCUT2D eigenvalue weighted by Gasteiger charge is 2.20. The predicted molar refractivity (Wildman–Crippen MR) is 146 cm³/mol. The maximum atomic E-state index is 13.8. The largest absolute Gasteiger partial charge is 0.495 e. The van der Waals surface area contributed by atoms with Crippen molar-refractivity contribution in [3.05, 3.63) is 87.7 Å². The molecule has 0 saturated carbocycles. The lowest BCUT2D eigenvalue weighted by Gasteiger charge is -2.16. The number of fused-ring (bicyclic) bond motifs is 3. The summed E-state index contributed by atoms with van der Waals surface area (Å²) in [6.45, 7) is 5.93. The van der Waals surface area contributed by atoms with Gasteiger partial charge in [0.15, 0.2) is 5.16 Å². The van der Waals surface area contributed by atoms with E-state index in [0.717, 1.165) is 33.3 Å². The van der Waals surface area contributed by atoms with Gasteiger partial charge in [0, 0.05) is 16.6 Å². The molecule has 7 nitrogen and oxygen atoms in total. The molecule has 182 valence electrons. The second kappa shape index (κ2) is 9.54. The number of anilines is 1. The Morgan fingerprint density at radius 3 is 2.58 bits per heavy atom. The number of aromatic amines is 1. The first-order valence-corrected chi connectivity index (χ1v) is 12.5. The van der Waals surface area contributed by atoms with Crippen molar-refractivity contribution in [3.8, 4) is 11.4 Å². The fourth-order valence-corrected chi connectivity index (χ4v) is 5.10. The monoisotopic (exact) mass is 498 g/mol. The Hall–Kier alpha value is -4.04. The molecule has 0 spiro atoms. The number of carbonyl (C=O) groups is 1. The zero-order chi connectivity index (χ0) is 25.4. The van der Waals surface area contributed by atoms with Gasteiger partial charge in [0.2, 0.25) is 5.91 Å². The zero-order valence-electron chi connectivity index (χ0n) is 20.5. The standard InChI is InChI=1S/C28H26N4O3S/c1-16-9-11-20(18(3)13-16)29-24(33)15-36-28-31-25-19-7-5-6-8-21(19)30-26(25)27(34)32(28)22-14-17(2)10-12-23(22)35-4/h5-14,30H,15H2,1-4H3,(H,29,33). The van der Waals surface area contributed by atoms with Crippen molar-refractivity contribution in [1.29, 1.82) is 0 Å². The van der Waals surface area contributed by atoms with Gasteiger partial charge in [-0.1, -0.05) is 53.7 Å². The van der Waals surface area contributed by atoms with Crippen LogP contribution in [0.4, 0.5) is 5.69 Å². The van der Waals surface area contributed by atoms with Crippen LogP contribution in [0.1, 0.15) is 16.7 Å². The molecule has 0 fully saturated rings. The third kappa shape index (κ3) is 4.35. The quantitative estimate of drug-likeness (QED) is 0.237. The molecule has 3 aromatic carbocycles. The van der Waals surface area contributed by atoms with Crippen molar-refractivity contribution in [2.24, 2.45) is 0 Å². The number of H-pyrrole nitrogens is 1. The highest BCUT2D eigenvalue weighted by Crippen LogP contribution is 2.30. The number of thioether (sulfide) groups is 1. The highest BCUT2D eigenvalue weighted by molar-refractivity contribution is 7.99. The van der Waals surface area contributed by atoms with E-state index < -0.39 is 0 Å². The van der Waals surface area contributed by atoms with Crippen LogP contribution in [0, 0.1) is 20.8 Å². The minimum atomic E-state index is -0.252. The van der Waals surface area contributed by atoms with Crippen LogP contribution in [-0.2, 0) is 4.79 Å². The van der Waals surface area contributed by atoms with Crippen LogP contribution in [0.5, 0.6) is 5.75 Å². The molecule has 5 aromatic rings. The Bertz CT molecular complexity index is 1690. The van der Waals surface area contributed by atoms with E-state index in [1.807, 2.05) is 81.4 Å². The maximum Gasteiger partial charge on any atom is 0.283 e. The molecule has 2 N–H and O–H groups in total. The Morgan fingerprint density at radius 1 is 1.06 bits per heavy atom. The number of benzene rings is 3. The number of hydrogen-bond acceptors (Lipinski definition) is 5. The Balaban J connectivity index is 1.60. The number of carbonyl (C=O) groups excluding carboxylic acids is 1. The molecular formula is C28H26N4O3S. The van der Waals surface area contributed by atoms with Gasteiger partial charge in [-0.25, -0.2) is 9.55 Å². The third-order valence-electron chi connectivity index (χ3n) is 6.06. The number of para-hydroxylation sites is 1. The van der Waals surface area contributed by atoms with E-state index in [9.17, 15) is 9.59 Å². The van der Waals surface area contributed by atoms with Crippen LogP contribution in [0.2, 0.25) is 0 Å². The van der Waals surface area contributed by atoms with Gasteiger partial charge in [0.25, 0.3) is 5.56 Å². The molecule has 8 heteroatoms. The van der Waals surface area contributed by atoms with Crippen LogP contribution in [-0.4, -0.2) is 33.3 Å². The van der Waals surface area contributed by atoms with Gasteiger partial charge < -0.3 is 15.0 Å². The third-order valence-corrected chi connectivity index (χ3v) is 7.00. The molecular weight excluding hydrogens is 472 g/mol. The van der Waals surface area contributed by atoms with Crippen molar-refractivity contribution in [2.75, 3.05) is 18.2 Å². The van der Waals surface area contributed by atoms with Gasteiger partial charge in [0.1, 0.15) is 16.8 Å². The zero-order valence-corrected chi connectivity index (χ0v) is 21.3. The smallest absolute Gasteiger partial charge is 0.283 e. The number of rotatable bonds is 6. The number of nitrogens with zero attached hydrogens (tertiary/aromatic N) is 2. The van der Waals surface area contributed by atoms with Crippen molar-refractivity contribution in [1.82, 2.24) is 14.5 Å². The minimum Gasteiger partial charge on any atom is -0.495 e. The summed E-state index contributed by atoms with van der Waals surface area (Å²) >= 11 is 1.21. The fourth-order valence-electron chi connectivity index (χ4n) is 4.30. The number of hydrogen-bond donors (Lipinski definition) is 2. The number of methoxy groups -OCH3 is 1. The summed E-state index contributed by atoms with van der Waals surface area (Å²) in [4.78, 5) is 34.8. The normalized spacial score (nSPS) is 11.2. The number of amides is 1. The first-order chi connectivity index (χ1) is 17.4. The van der Waals surface area contributed by atoms with Gasteiger partial charge in [0.05, 0.1) is 18.6 Å². The van der Waals surface area contributed by atoms with Crippen molar-refractivity contribution < 1.29 is 9.53 Å². The summed E-state index contributed by atoms with van der Waals surface area (Å²) in [6, 6.07) is 19.2. The number of ether oxygens (including phenoxy) is 1. The molecule has 0 bridgehead atoms. The molecule has 0 atom stereocenters. The van der Waals surface area contributed by atoms with Crippen LogP contribution in [0.25, 0.3) is 27.6 Å². The van der Waals surface area contributed by atoms with E-state index >= 15 is 0 Å². The van der Waals surface area contributed by atoms with Crippen molar-refractivity contribution in [3.63, 3.8) is 0 Å². The summed E-state index contributed by atoms with van der Waals surface area (Å²) in [5.41, 5.74) is 6.00. The topological polar surface area (TPSA) is 89.0 Å². The summed E-state index contributed by atoms with van der Waals surface area (Å²) in [5, 5.41) is 4.24. The predicted octanol–water partition coefficient (Wildman–Crippen LogP) is 5.53. The van der Waals surface area contributed by atoms with Crippen LogP contribution in [0.3, 0.4) is 0 Å². The van der Waals surface area contributed by atoms with Crippen LogP contribution in [0.15, 0.2) is 70.6 Å². The molecule has 0 unspecified atom stereocenters. The van der Waals surface area contributed by atoms with Gasteiger partial charge in [-0.2, -0.15) is 0 Å². The number of aromatic nitrogens is 3. The van der Waals surface area contributed by atoms with Crippen molar-refractivity contribution in [2.45, 2.75) is 25.9 Å². The van der Waals surface area contributed by atoms with Crippen LogP contribution >= 0.6 is 11.8 Å². The fraction of sp³-hybridized carbons (Fsp3) is 0.179. The molecule has 0 aliphatic heterocycles. The highest BCUT2D eigenvalue weighted by atomic mass is 32.2. The SMILES string of the molecule is COc1ccc(C)cc1-n1c(SCC(=O)Nc2ccc(C)cc2C)nc2c([nH]c3ccccc32)c1=O. The van der Waals surface area contributed by atoms with E-state index in [4.69, 9.17) is 9.72 Å². The van der Waals surface area contributed by atoms with E-state index in [-0.39, 0.29) is 17.2 Å². The molecule has 0 aliphatic rings. The first kappa shape index (κ1) is 23.7. The molecule has 2 aromatic heterocycles. The van der Waals surface area contributed by atoms with E-state index in [0.29, 0.717) is 27.6 Å². The van der Waals surface area contributed by atoms with E-state index in [1.54, 1.807) is 7.11 Å². The second-order valence-electron chi connectivity index (χ2n) is 8.76. The number of nitrogens with one attached hydrogen (secondary N) is 2. The summed E-state index contributed by atoms with van der Waals surface area (Å²) in [7, 11) is 1.57. The average molecular weight is 499 g/mol. The molecule has 5 rings (SSSR count). The lowest BCUT2D eigenvalue weighted by Crippen LogP contribution is -2.23.